The molecule has 1 atom stereocenters. The van der Waals surface area contributed by atoms with Gasteiger partial charge in [0.15, 0.2) is 0 Å². The standard InChI is InChI=1S/C23H28N8O/c1-27-11-13-28(14-12-27)29-15-24-22-26-21(17-7-3-6-10-20(17)32-2)31-19-9-5-4-8-18(19)25-23(31)30(22)16-29/h3-10,21H,11-16H2,1-2H3,(H,24,26). The Bertz CT molecular complexity index is 1170. The maximum Gasteiger partial charge on any atom is 0.216 e. The highest BCUT2D eigenvalue weighted by Crippen LogP contribution is 2.36. The maximum absolute atomic E-state index is 5.70. The summed E-state index contributed by atoms with van der Waals surface area (Å²) >= 11 is 0. The van der Waals surface area contributed by atoms with Gasteiger partial charge in [-0.05, 0) is 25.2 Å². The van der Waals surface area contributed by atoms with Crippen LogP contribution >= 0.6 is 0 Å². The molecule has 0 aliphatic carbocycles. The van der Waals surface area contributed by atoms with Crippen LogP contribution in [0.2, 0.25) is 0 Å². The number of aliphatic imine (C=N–C) groups is 1. The number of fused-ring (bicyclic) bond motifs is 5. The number of hydrogen-bond donors (Lipinski definition) is 1. The fraction of sp³-hybridized carbons (Fsp3) is 0.391. The van der Waals surface area contributed by atoms with E-state index >= 15 is 0 Å². The summed E-state index contributed by atoms with van der Waals surface area (Å²) in [5.74, 6) is 2.60. The van der Waals surface area contributed by atoms with Gasteiger partial charge in [-0.25, -0.2) is 20.0 Å². The Morgan fingerprint density at radius 1 is 0.969 bits per heavy atom. The number of hydrazine groups is 1. The van der Waals surface area contributed by atoms with Crippen molar-refractivity contribution in [2.24, 2.45) is 4.99 Å². The van der Waals surface area contributed by atoms with Crippen molar-refractivity contribution in [3.8, 4) is 5.75 Å². The molecule has 1 fully saturated rings. The van der Waals surface area contributed by atoms with Crippen molar-refractivity contribution in [1.29, 1.82) is 0 Å². The molecule has 1 saturated heterocycles. The first-order valence-corrected chi connectivity index (χ1v) is 11.1. The second-order valence-electron chi connectivity index (χ2n) is 8.52. The normalized spacial score (nSPS) is 22.2. The Morgan fingerprint density at radius 2 is 1.75 bits per heavy atom. The van der Waals surface area contributed by atoms with Gasteiger partial charge in [0.1, 0.15) is 18.6 Å². The first-order valence-electron chi connectivity index (χ1n) is 11.1. The molecule has 1 unspecified atom stereocenters. The van der Waals surface area contributed by atoms with E-state index in [9.17, 15) is 0 Å². The van der Waals surface area contributed by atoms with Crippen LogP contribution in [0.25, 0.3) is 11.0 Å². The molecule has 32 heavy (non-hydrogen) atoms. The second-order valence-corrected chi connectivity index (χ2v) is 8.52. The van der Waals surface area contributed by atoms with Crippen molar-refractivity contribution in [1.82, 2.24) is 29.8 Å². The van der Waals surface area contributed by atoms with Crippen LogP contribution in [0.5, 0.6) is 5.75 Å². The van der Waals surface area contributed by atoms with Crippen LogP contribution in [-0.2, 0) is 0 Å². The van der Waals surface area contributed by atoms with Crippen LogP contribution in [-0.4, -0.2) is 84.1 Å². The summed E-state index contributed by atoms with van der Waals surface area (Å²) in [5.41, 5.74) is 3.12. The predicted octanol–water partition coefficient (Wildman–Crippen LogP) is 1.75. The molecule has 1 N–H and O–H groups in total. The Balaban J connectivity index is 1.43. The number of piperazine rings is 1. The Kier molecular flexibility index (Phi) is 4.74. The summed E-state index contributed by atoms with van der Waals surface area (Å²) in [4.78, 5) is 14.5. The molecule has 0 bridgehead atoms. The van der Waals surface area contributed by atoms with E-state index in [-0.39, 0.29) is 6.17 Å². The van der Waals surface area contributed by atoms with Gasteiger partial charge in [-0.1, -0.05) is 30.3 Å². The highest BCUT2D eigenvalue weighted by atomic mass is 16.5. The molecule has 1 aromatic heterocycles. The average molecular weight is 433 g/mol. The minimum absolute atomic E-state index is 0.154. The van der Waals surface area contributed by atoms with Gasteiger partial charge in [0, 0.05) is 31.7 Å². The van der Waals surface area contributed by atoms with Gasteiger partial charge in [0.25, 0.3) is 0 Å². The predicted molar refractivity (Wildman–Crippen MR) is 125 cm³/mol. The van der Waals surface area contributed by atoms with E-state index in [1.165, 1.54) is 0 Å². The number of methoxy groups -OCH3 is 1. The smallest absolute Gasteiger partial charge is 0.216 e. The second kappa shape index (κ2) is 7.77. The van der Waals surface area contributed by atoms with Crippen molar-refractivity contribution >= 4 is 22.9 Å². The summed E-state index contributed by atoms with van der Waals surface area (Å²) < 4.78 is 7.96. The first-order chi connectivity index (χ1) is 15.7. The largest absolute Gasteiger partial charge is 0.496 e. The van der Waals surface area contributed by atoms with Crippen molar-refractivity contribution in [3.05, 3.63) is 54.1 Å². The van der Waals surface area contributed by atoms with Crippen LogP contribution < -0.4 is 15.0 Å². The molecule has 9 nitrogen and oxygen atoms in total. The quantitative estimate of drug-likeness (QED) is 0.677. The summed E-state index contributed by atoms with van der Waals surface area (Å²) in [6.07, 6.45) is -0.154. The molecule has 0 spiro atoms. The van der Waals surface area contributed by atoms with Gasteiger partial charge in [-0.2, -0.15) is 0 Å². The third-order valence-corrected chi connectivity index (χ3v) is 6.60. The number of likely N-dealkylation sites (N-methyl/N-ethyl adjacent to an activating group) is 1. The molecule has 3 aliphatic heterocycles. The van der Waals surface area contributed by atoms with E-state index in [2.05, 4.69) is 61.0 Å². The third-order valence-electron chi connectivity index (χ3n) is 6.60. The van der Waals surface area contributed by atoms with E-state index < -0.39 is 0 Å². The van der Waals surface area contributed by atoms with Gasteiger partial charge in [-0.3, -0.25) is 9.47 Å². The number of rotatable bonds is 3. The summed E-state index contributed by atoms with van der Waals surface area (Å²) in [6.45, 7) is 5.53. The number of hydrogen-bond acceptors (Lipinski definition) is 8. The first kappa shape index (κ1) is 19.5. The van der Waals surface area contributed by atoms with Gasteiger partial charge in [0.2, 0.25) is 11.9 Å². The lowest BCUT2D eigenvalue weighted by Crippen LogP contribution is -2.62. The molecule has 0 radical (unpaired) electrons. The van der Waals surface area contributed by atoms with Crippen molar-refractivity contribution in [2.45, 2.75) is 6.17 Å². The van der Waals surface area contributed by atoms with Crippen molar-refractivity contribution in [3.63, 3.8) is 0 Å². The lowest BCUT2D eigenvalue weighted by atomic mass is 10.1. The number of aromatic nitrogens is 2. The molecular weight excluding hydrogens is 404 g/mol. The zero-order valence-corrected chi connectivity index (χ0v) is 18.5. The average Bonchev–Trinajstić information content (AvgIpc) is 3.24. The SMILES string of the molecule is COc1ccccc1C1NC2=NCN(N3CCN(C)CC3)CN2c2nc3ccccc3n21. The van der Waals surface area contributed by atoms with E-state index in [4.69, 9.17) is 14.7 Å². The highest BCUT2D eigenvalue weighted by molar-refractivity contribution is 5.99. The van der Waals surface area contributed by atoms with E-state index in [0.29, 0.717) is 6.67 Å². The molecular formula is C23H28N8O. The molecule has 9 heteroatoms. The minimum Gasteiger partial charge on any atom is -0.496 e. The highest BCUT2D eigenvalue weighted by Gasteiger charge is 2.38. The third kappa shape index (κ3) is 3.12. The van der Waals surface area contributed by atoms with E-state index in [0.717, 1.165) is 67.1 Å². The molecule has 166 valence electrons. The lowest BCUT2D eigenvalue weighted by Gasteiger charge is -2.46. The number of nitrogens with zero attached hydrogens (tertiary/aromatic N) is 7. The monoisotopic (exact) mass is 432 g/mol. The van der Waals surface area contributed by atoms with Gasteiger partial charge in [-0.15, -0.1) is 0 Å². The molecule has 0 saturated carbocycles. The fourth-order valence-corrected chi connectivity index (χ4v) is 4.82. The maximum atomic E-state index is 5.70. The van der Waals surface area contributed by atoms with Crippen LogP contribution in [0.15, 0.2) is 53.5 Å². The minimum atomic E-state index is -0.154. The molecule has 0 amide bonds. The van der Waals surface area contributed by atoms with Gasteiger partial charge in [0.05, 0.1) is 24.8 Å². The Morgan fingerprint density at radius 3 is 2.59 bits per heavy atom. The summed E-state index contributed by atoms with van der Waals surface area (Å²) in [6, 6.07) is 16.4. The molecule has 6 rings (SSSR count). The summed E-state index contributed by atoms with van der Waals surface area (Å²) in [7, 11) is 3.89. The van der Waals surface area contributed by atoms with Crippen LogP contribution in [0, 0.1) is 0 Å². The van der Waals surface area contributed by atoms with Gasteiger partial charge >= 0.3 is 0 Å². The topological polar surface area (TPSA) is 64.4 Å². The zero-order chi connectivity index (χ0) is 21.7. The number of para-hydroxylation sites is 3. The van der Waals surface area contributed by atoms with Crippen LogP contribution in [0.4, 0.5) is 5.95 Å². The molecule has 2 aromatic carbocycles. The Labute approximate surface area is 187 Å². The number of benzene rings is 2. The number of ether oxygens (including phenoxy) is 1. The van der Waals surface area contributed by atoms with E-state index in [1.807, 2.05) is 24.3 Å². The molecule has 3 aromatic rings. The molecule has 3 aliphatic rings. The van der Waals surface area contributed by atoms with Crippen LogP contribution in [0.3, 0.4) is 0 Å². The van der Waals surface area contributed by atoms with Crippen LogP contribution in [0.1, 0.15) is 11.7 Å². The fourth-order valence-electron chi connectivity index (χ4n) is 4.82. The zero-order valence-electron chi connectivity index (χ0n) is 18.5. The number of nitrogens with one attached hydrogen (secondary N) is 1. The lowest BCUT2D eigenvalue weighted by molar-refractivity contribution is -0.0528. The number of imidazole rings is 1. The Hall–Kier alpha value is -3.14. The summed E-state index contributed by atoms with van der Waals surface area (Å²) in [5, 5.41) is 8.42. The number of anilines is 1. The molecule has 4 heterocycles. The van der Waals surface area contributed by atoms with E-state index in [1.54, 1.807) is 7.11 Å². The van der Waals surface area contributed by atoms with Crippen molar-refractivity contribution in [2.75, 3.05) is 58.6 Å². The van der Waals surface area contributed by atoms with Crippen molar-refractivity contribution < 1.29 is 4.74 Å². The van der Waals surface area contributed by atoms with Gasteiger partial charge < -0.3 is 15.0 Å². The number of guanidine groups is 1.